The Labute approximate surface area is 335 Å². The fourth-order valence-electron chi connectivity index (χ4n) is 8.01. The Hall–Kier alpha value is -7.89. The maximum absolute atomic E-state index is 6.57. The number of hydrogen-bond donors (Lipinski definition) is 0. The van der Waals surface area contributed by atoms with Gasteiger partial charge >= 0.3 is 0 Å². The van der Waals surface area contributed by atoms with E-state index in [1.54, 1.807) is 0 Å². The van der Waals surface area contributed by atoms with Crippen LogP contribution in [0.15, 0.2) is 211 Å². The summed E-state index contributed by atoms with van der Waals surface area (Å²) in [5.41, 5.74) is 9.89. The Bertz CT molecular complexity index is 3230. The highest BCUT2D eigenvalue weighted by Crippen LogP contribution is 2.40. The summed E-state index contributed by atoms with van der Waals surface area (Å²) >= 11 is 0. The van der Waals surface area contributed by atoms with Crippen LogP contribution in [0, 0.1) is 0 Å². The number of rotatable bonds is 7. The quantitative estimate of drug-likeness (QED) is 0.163. The zero-order valence-electron chi connectivity index (χ0n) is 31.3. The molecule has 0 radical (unpaired) electrons. The van der Waals surface area contributed by atoms with Gasteiger partial charge in [0.1, 0.15) is 11.2 Å². The number of aromatic nitrogens is 3. The van der Waals surface area contributed by atoms with Crippen LogP contribution in [-0.2, 0) is 0 Å². The first-order valence-corrected chi connectivity index (χ1v) is 19.4. The second kappa shape index (κ2) is 14.0. The molecule has 0 aliphatic carbocycles. The second-order valence-electron chi connectivity index (χ2n) is 14.5. The number of benzene rings is 9. The summed E-state index contributed by atoms with van der Waals surface area (Å²) in [6.07, 6.45) is 0. The standard InChI is InChI=1S/C53H34N4O/c1-4-14-36(15-5-1)51-54-52(37-16-6-2-7-17-37)56-53(55-51)47-21-12-22-48-50(47)46-30-27-42(34-49(46)58-48)39-23-24-41-33-45(29-26-40(41)31-39)57(43-19-8-3-9-20-43)44-28-25-35-13-10-11-18-38(35)32-44/h1-34H. The molecule has 0 atom stereocenters. The number of nitrogens with zero attached hydrogens (tertiary/aromatic N) is 4. The van der Waals surface area contributed by atoms with E-state index >= 15 is 0 Å². The van der Waals surface area contributed by atoms with E-state index in [4.69, 9.17) is 19.4 Å². The van der Waals surface area contributed by atoms with Gasteiger partial charge in [0.05, 0.1) is 0 Å². The monoisotopic (exact) mass is 742 g/mol. The molecule has 11 rings (SSSR count). The third-order valence-corrected chi connectivity index (χ3v) is 10.9. The van der Waals surface area contributed by atoms with E-state index in [9.17, 15) is 0 Å². The first kappa shape index (κ1) is 33.4. The van der Waals surface area contributed by atoms with Gasteiger partial charge in [0.2, 0.25) is 0 Å². The number of para-hydroxylation sites is 1. The molecule has 5 nitrogen and oxygen atoms in total. The maximum atomic E-state index is 6.57. The molecular weight excluding hydrogens is 709 g/mol. The lowest BCUT2D eigenvalue weighted by atomic mass is 9.98. The molecule has 0 fully saturated rings. The number of hydrogen-bond acceptors (Lipinski definition) is 5. The highest BCUT2D eigenvalue weighted by atomic mass is 16.3. The highest BCUT2D eigenvalue weighted by Gasteiger charge is 2.19. The average molecular weight is 743 g/mol. The van der Waals surface area contributed by atoms with E-state index in [0.29, 0.717) is 17.5 Å². The Kier molecular flexibility index (Phi) is 8.07. The van der Waals surface area contributed by atoms with E-state index in [1.165, 1.54) is 16.2 Å². The molecule has 0 unspecified atom stereocenters. The van der Waals surface area contributed by atoms with E-state index < -0.39 is 0 Å². The minimum Gasteiger partial charge on any atom is -0.456 e. The lowest BCUT2D eigenvalue weighted by molar-refractivity contribution is 0.669. The molecule has 0 amide bonds. The minimum atomic E-state index is 0.602. The summed E-state index contributed by atoms with van der Waals surface area (Å²) < 4.78 is 6.57. The van der Waals surface area contributed by atoms with Gasteiger partial charge < -0.3 is 9.32 Å². The molecule has 58 heavy (non-hydrogen) atoms. The summed E-state index contributed by atoms with van der Waals surface area (Å²) in [6.45, 7) is 0. The van der Waals surface area contributed by atoms with Gasteiger partial charge in [0.15, 0.2) is 17.5 Å². The van der Waals surface area contributed by atoms with Gasteiger partial charge in [-0.3, -0.25) is 0 Å². The second-order valence-corrected chi connectivity index (χ2v) is 14.5. The SMILES string of the molecule is c1ccc(-c2nc(-c3ccccc3)nc(-c3cccc4oc5cc(-c6ccc7cc(N(c8ccccc8)c8ccc9ccccc9c8)ccc7c6)ccc5c34)n2)cc1. The largest absolute Gasteiger partial charge is 0.456 e. The number of furan rings is 1. The van der Waals surface area contributed by atoms with Crippen LogP contribution >= 0.6 is 0 Å². The van der Waals surface area contributed by atoms with Crippen molar-refractivity contribution in [3.63, 3.8) is 0 Å². The van der Waals surface area contributed by atoms with Crippen LogP contribution in [0.2, 0.25) is 0 Å². The summed E-state index contributed by atoms with van der Waals surface area (Å²) in [5.74, 6) is 1.85. The zero-order valence-corrected chi connectivity index (χ0v) is 31.3. The summed E-state index contributed by atoms with van der Waals surface area (Å²) in [4.78, 5) is 17.3. The first-order chi connectivity index (χ1) is 28.7. The fraction of sp³-hybridized carbons (Fsp3) is 0. The van der Waals surface area contributed by atoms with Crippen LogP contribution in [0.25, 0.3) is 88.8 Å². The topological polar surface area (TPSA) is 55.1 Å². The maximum Gasteiger partial charge on any atom is 0.164 e. The van der Waals surface area contributed by atoms with Gasteiger partial charge in [-0.1, -0.05) is 146 Å². The van der Waals surface area contributed by atoms with E-state index in [-0.39, 0.29) is 0 Å². The normalized spacial score (nSPS) is 11.4. The molecule has 0 N–H and O–H groups in total. The zero-order chi connectivity index (χ0) is 38.4. The summed E-state index contributed by atoms with van der Waals surface area (Å²) in [7, 11) is 0. The smallest absolute Gasteiger partial charge is 0.164 e. The van der Waals surface area contributed by atoms with Crippen molar-refractivity contribution < 1.29 is 4.42 Å². The van der Waals surface area contributed by atoms with Crippen molar-refractivity contribution in [2.75, 3.05) is 4.90 Å². The van der Waals surface area contributed by atoms with Crippen LogP contribution in [0.3, 0.4) is 0 Å². The van der Waals surface area contributed by atoms with E-state index in [1.807, 2.05) is 72.8 Å². The van der Waals surface area contributed by atoms with Gasteiger partial charge in [0.25, 0.3) is 0 Å². The van der Waals surface area contributed by atoms with E-state index in [0.717, 1.165) is 72.2 Å². The van der Waals surface area contributed by atoms with Crippen molar-refractivity contribution in [3.05, 3.63) is 206 Å². The molecule has 2 heterocycles. The third kappa shape index (κ3) is 6.03. The first-order valence-electron chi connectivity index (χ1n) is 19.4. The fourth-order valence-corrected chi connectivity index (χ4v) is 8.01. The van der Waals surface area contributed by atoms with Crippen molar-refractivity contribution in [3.8, 4) is 45.3 Å². The Morgan fingerprint density at radius 1 is 0.328 bits per heavy atom. The van der Waals surface area contributed by atoms with Crippen molar-refractivity contribution in [1.82, 2.24) is 15.0 Å². The van der Waals surface area contributed by atoms with Crippen molar-refractivity contribution in [1.29, 1.82) is 0 Å². The van der Waals surface area contributed by atoms with Gasteiger partial charge in [-0.2, -0.15) is 0 Å². The average Bonchev–Trinajstić information content (AvgIpc) is 3.68. The van der Waals surface area contributed by atoms with Crippen LogP contribution < -0.4 is 4.90 Å². The lowest BCUT2D eigenvalue weighted by Crippen LogP contribution is -2.09. The van der Waals surface area contributed by atoms with Crippen molar-refractivity contribution in [2.45, 2.75) is 0 Å². The molecule has 9 aromatic carbocycles. The minimum absolute atomic E-state index is 0.602. The lowest BCUT2D eigenvalue weighted by Gasteiger charge is -2.26. The molecular formula is C53H34N4O. The molecule has 11 aromatic rings. The van der Waals surface area contributed by atoms with Crippen LogP contribution in [0.5, 0.6) is 0 Å². The highest BCUT2D eigenvalue weighted by molar-refractivity contribution is 6.12. The Balaban J connectivity index is 0.973. The van der Waals surface area contributed by atoms with Gasteiger partial charge in [-0.05, 0) is 93.3 Å². The summed E-state index contributed by atoms with van der Waals surface area (Å²) in [6, 6.07) is 71.8. The molecule has 0 saturated heterocycles. The molecule has 5 heteroatoms. The van der Waals surface area contributed by atoms with E-state index in [2.05, 4.69) is 138 Å². The molecule has 2 aromatic heterocycles. The van der Waals surface area contributed by atoms with Crippen LogP contribution in [-0.4, -0.2) is 15.0 Å². The molecule has 0 spiro atoms. The number of anilines is 3. The Morgan fingerprint density at radius 2 is 0.862 bits per heavy atom. The van der Waals surface area contributed by atoms with Crippen LogP contribution in [0.4, 0.5) is 17.1 Å². The predicted molar refractivity (Wildman–Crippen MR) is 239 cm³/mol. The van der Waals surface area contributed by atoms with Gasteiger partial charge in [0, 0.05) is 44.5 Å². The van der Waals surface area contributed by atoms with Gasteiger partial charge in [-0.25, -0.2) is 15.0 Å². The predicted octanol–water partition coefficient (Wildman–Crippen LogP) is 14.2. The Morgan fingerprint density at radius 3 is 1.57 bits per heavy atom. The van der Waals surface area contributed by atoms with Crippen molar-refractivity contribution >= 4 is 60.5 Å². The molecule has 272 valence electrons. The molecule has 0 aliphatic rings. The molecule has 0 bridgehead atoms. The van der Waals surface area contributed by atoms with Crippen LogP contribution in [0.1, 0.15) is 0 Å². The summed E-state index contributed by atoms with van der Waals surface area (Å²) in [5, 5.41) is 6.76. The third-order valence-electron chi connectivity index (χ3n) is 10.9. The molecule has 0 saturated carbocycles. The van der Waals surface area contributed by atoms with Gasteiger partial charge in [-0.15, -0.1) is 0 Å². The molecule has 0 aliphatic heterocycles. The van der Waals surface area contributed by atoms with Crippen molar-refractivity contribution in [2.24, 2.45) is 0 Å². The number of fused-ring (bicyclic) bond motifs is 5.